The maximum absolute atomic E-state index is 12.4. The summed E-state index contributed by atoms with van der Waals surface area (Å²) in [6.45, 7) is 8.19. The number of rotatable bonds is 4. The Morgan fingerprint density at radius 3 is 2.81 bits per heavy atom. The highest BCUT2D eigenvalue weighted by Crippen LogP contribution is 2.42. The first-order valence-electron chi connectivity index (χ1n) is 8.52. The number of benzene rings is 1. The van der Waals surface area contributed by atoms with Gasteiger partial charge in [0.05, 0.1) is 17.7 Å². The third kappa shape index (κ3) is 3.31. The number of hydrogen-bond donors (Lipinski definition) is 1. The molecule has 1 N–H and O–H groups in total. The molecule has 0 bridgehead atoms. The van der Waals surface area contributed by atoms with Gasteiger partial charge >= 0.3 is 6.09 Å². The summed E-state index contributed by atoms with van der Waals surface area (Å²) in [5.41, 5.74) is 3.03. The average molecular weight is 373 g/mol. The first kappa shape index (κ1) is 18.4. The highest BCUT2D eigenvalue weighted by molar-refractivity contribution is 7.14. The van der Waals surface area contributed by atoms with Crippen LogP contribution in [0.5, 0.6) is 0 Å². The van der Waals surface area contributed by atoms with Crippen molar-refractivity contribution in [2.75, 3.05) is 23.9 Å². The minimum Gasteiger partial charge on any atom is -0.449 e. The lowest BCUT2D eigenvalue weighted by Gasteiger charge is -2.16. The lowest BCUT2D eigenvalue weighted by molar-refractivity contribution is -0.121. The Bertz CT molecular complexity index is 857. The van der Waals surface area contributed by atoms with Crippen LogP contribution in [0.15, 0.2) is 23.6 Å². The van der Waals surface area contributed by atoms with E-state index in [1.807, 2.05) is 51.3 Å². The van der Waals surface area contributed by atoms with Crippen molar-refractivity contribution >= 4 is 34.2 Å². The van der Waals surface area contributed by atoms with E-state index in [1.165, 1.54) is 11.3 Å². The zero-order valence-electron chi connectivity index (χ0n) is 15.6. The molecule has 6 nitrogen and oxygen atoms in total. The van der Waals surface area contributed by atoms with Gasteiger partial charge in [0.25, 0.3) is 0 Å². The third-order valence-electron chi connectivity index (χ3n) is 4.43. The summed E-state index contributed by atoms with van der Waals surface area (Å²) in [5, 5.41) is 5.02. The van der Waals surface area contributed by atoms with Gasteiger partial charge in [0.1, 0.15) is 0 Å². The van der Waals surface area contributed by atoms with Gasteiger partial charge in [-0.2, -0.15) is 0 Å². The molecule has 2 aromatic rings. The van der Waals surface area contributed by atoms with Crippen LogP contribution < -0.4 is 10.2 Å². The Morgan fingerprint density at radius 1 is 1.38 bits per heavy atom. The standard InChI is InChI=1S/C19H23N3O3S/c1-11(2)9-25-18(24)21-17-20-14(10-26-17)12-6-7-15-13(8-12)19(3,4)16(23)22(15)5/h6-8,10-11H,9H2,1-5H3,(H,20,21,24). The molecule has 1 aliphatic heterocycles. The maximum atomic E-state index is 12.4. The van der Waals surface area contributed by atoms with Gasteiger partial charge in [-0.3, -0.25) is 10.1 Å². The normalized spacial score (nSPS) is 15.3. The van der Waals surface area contributed by atoms with Gasteiger partial charge in [0.15, 0.2) is 5.13 Å². The fourth-order valence-corrected chi connectivity index (χ4v) is 3.67. The number of carbonyl (C=O) groups excluding carboxylic acids is 2. The number of likely N-dealkylation sites (N-methyl/N-ethyl adjacent to an activating group) is 1. The second-order valence-electron chi connectivity index (χ2n) is 7.38. The van der Waals surface area contributed by atoms with Crippen molar-refractivity contribution in [1.29, 1.82) is 0 Å². The fraction of sp³-hybridized carbons (Fsp3) is 0.421. The van der Waals surface area contributed by atoms with Gasteiger partial charge in [-0.1, -0.05) is 19.9 Å². The molecule has 0 saturated carbocycles. The van der Waals surface area contributed by atoms with Crippen LogP contribution in [0.3, 0.4) is 0 Å². The van der Waals surface area contributed by atoms with Gasteiger partial charge in [-0.25, -0.2) is 9.78 Å². The smallest absolute Gasteiger partial charge is 0.413 e. The number of nitrogens with zero attached hydrogens (tertiary/aromatic N) is 2. The van der Waals surface area contributed by atoms with Crippen LogP contribution in [0.2, 0.25) is 0 Å². The molecule has 0 saturated heterocycles. The van der Waals surface area contributed by atoms with Crippen molar-refractivity contribution < 1.29 is 14.3 Å². The Balaban J connectivity index is 1.80. The molecule has 0 fully saturated rings. The molecule has 2 amide bonds. The molecular weight excluding hydrogens is 350 g/mol. The molecule has 7 heteroatoms. The van der Waals surface area contributed by atoms with E-state index in [0.717, 1.165) is 22.5 Å². The molecule has 0 unspecified atom stereocenters. The zero-order valence-corrected chi connectivity index (χ0v) is 16.4. The Morgan fingerprint density at radius 2 is 2.12 bits per heavy atom. The summed E-state index contributed by atoms with van der Waals surface area (Å²) in [5.74, 6) is 0.362. The van der Waals surface area contributed by atoms with Crippen molar-refractivity contribution in [3.8, 4) is 11.3 Å². The number of hydrogen-bond acceptors (Lipinski definition) is 5. The van der Waals surface area contributed by atoms with Crippen molar-refractivity contribution in [2.45, 2.75) is 33.1 Å². The molecule has 2 heterocycles. The molecule has 138 valence electrons. The molecule has 1 aromatic heterocycles. The highest BCUT2D eigenvalue weighted by Gasteiger charge is 2.42. The lowest BCUT2D eigenvalue weighted by Crippen LogP contribution is -2.33. The number of aromatic nitrogens is 1. The van der Waals surface area contributed by atoms with Crippen molar-refractivity contribution in [1.82, 2.24) is 4.98 Å². The van der Waals surface area contributed by atoms with Crippen LogP contribution in [0.25, 0.3) is 11.3 Å². The fourth-order valence-electron chi connectivity index (χ4n) is 2.96. The second-order valence-corrected chi connectivity index (χ2v) is 8.23. The quantitative estimate of drug-likeness (QED) is 0.869. The van der Waals surface area contributed by atoms with Crippen LogP contribution >= 0.6 is 11.3 Å². The van der Waals surface area contributed by atoms with E-state index >= 15 is 0 Å². The Hall–Kier alpha value is -2.41. The second kappa shape index (κ2) is 6.72. The van der Waals surface area contributed by atoms with Crippen molar-refractivity contribution in [2.24, 2.45) is 5.92 Å². The summed E-state index contributed by atoms with van der Waals surface area (Å²) in [6.07, 6.45) is -0.498. The monoisotopic (exact) mass is 373 g/mol. The summed E-state index contributed by atoms with van der Waals surface area (Å²) < 4.78 is 5.11. The number of amides is 2. The van der Waals surface area contributed by atoms with Gasteiger partial charge in [-0.05, 0) is 37.5 Å². The van der Waals surface area contributed by atoms with Gasteiger partial charge < -0.3 is 9.64 Å². The van der Waals surface area contributed by atoms with Crippen molar-refractivity contribution in [3.63, 3.8) is 0 Å². The number of ether oxygens (including phenoxy) is 1. The molecule has 1 aliphatic rings. The molecule has 1 aromatic carbocycles. The first-order chi connectivity index (χ1) is 12.2. The molecule has 0 atom stereocenters. The molecule has 3 rings (SSSR count). The van der Waals surface area contributed by atoms with E-state index in [0.29, 0.717) is 11.7 Å². The number of carbonyl (C=O) groups is 2. The number of anilines is 2. The summed E-state index contributed by atoms with van der Waals surface area (Å²) in [7, 11) is 1.79. The topological polar surface area (TPSA) is 71.5 Å². The molecule has 26 heavy (non-hydrogen) atoms. The van der Waals surface area contributed by atoms with E-state index < -0.39 is 11.5 Å². The van der Waals surface area contributed by atoms with E-state index in [4.69, 9.17) is 4.74 Å². The van der Waals surface area contributed by atoms with Gasteiger partial charge in [0.2, 0.25) is 5.91 Å². The van der Waals surface area contributed by atoms with Gasteiger partial charge in [0, 0.05) is 23.7 Å². The number of thiazole rings is 1. The average Bonchev–Trinajstić information content (AvgIpc) is 3.11. The van der Waals surface area contributed by atoms with Crippen LogP contribution in [0, 0.1) is 5.92 Å². The van der Waals surface area contributed by atoms with E-state index in [1.54, 1.807) is 11.9 Å². The highest BCUT2D eigenvalue weighted by atomic mass is 32.1. The third-order valence-corrected chi connectivity index (χ3v) is 5.18. The Kier molecular flexibility index (Phi) is 4.75. The van der Waals surface area contributed by atoms with E-state index in [9.17, 15) is 9.59 Å². The maximum Gasteiger partial charge on any atom is 0.413 e. The molecule has 0 radical (unpaired) electrons. The van der Waals surface area contributed by atoms with Crippen molar-refractivity contribution in [3.05, 3.63) is 29.1 Å². The number of nitrogens with one attached hydrogen (secondary N) is 1. The van der Waals surface area contributed by atoms with Crippen LogP contribution in [-0.2, 0) is 14.9 Å². The zero-order chi connectivity index (χ0) is 19.1. The minimum atomic E-state index is -0.558. The first-order valence-corrected chi connectivity index (χ1v) is 9.40. The molecule has 0 aliphatic carbocycles. The predicted molar refractivity (Wildman–Crippen MR) is 104 cm³/mol. The molecular formula is C19H23N3O3S. The van der Waals surface area contributed by atoms with Gasteiger partial charge in [-0.15, -0.1) is 11.3 Å². The molecule has 0 spiro atoms. The van der Waals surface area contributed by atoms with Crippen LogP contribution in [0.1, 0.15) is 33.3 Å². The Labute approximate surface area is 157 Å². The van der Waals surface area contributed by atoms with E-state index in [2.05, 4.69) is 10.3 Å². The predicted octanol–water partition coefficient (Wildman–Crippen LogP) is 4.27. The largest absolute Gasteiger partial charge is 0.449 e. The van der Waals surface area contributed by atoms with Crippen LogP contribution in [0.4, 0.5) is 15.6 Å². The number of fused-ring (bicyclic) bond motifs is 1. The summed E-state index contributed by atoms with van der Waals surface area (Å²) in [6, 6.07) is 5.90. The lowest BCUT2D eigenvalue weighted by atomic mass is 9.85. The SMILES string of the molecule is CC(C)COC(=O)Nc1nc(-c2ccc3c(c2)C(C)(C)C(=O)N3C)cs1. The van der Waals surface area contributed by atoms with Crippen LogP contribution in [-0.4, -0.2) is 30.6 Å². The minimum absolute atomic E-state index is 0.0816. The summed E-state index contributed by atoms with van der Waals surface area (Å²) >= 11 is 1.34. The summed E-state index contributed by atoms with van der Waals surface area (Å²) in [4.78, 5) is 30.3. The van der Waals surface area contributed by atoms with E-state index in [-0.39, 0.29) is 11.8 Å².